The minimum atomic E-state index is -0.426. The minimum absolute atomic E-state index is 0.112. The number of hydrogen-bond donors (Lipinski definition) is 1. The van der Waals surface area contributed by atoms with Crippen molar-refractivity contribution in [3.63, 3.8) is 0 Å². The summed E-state index contributed by atoms with van der Waals surface area (Å²) >= 11 is 1.21. The Hall–Kier alpha value is -1.86. The molecule has 3 aliphatic rings. The van der Waals surface area contributed by atoms with Crippen LogP contribution < -0.4 is 5.32 Å². The molecule has 2 atom stereocenters. The van der Waals surface area contributed by atoms with Gasteiger partial charge >= 0.3 is 0 Å². The van der Waals surface area contributed by atoms with E-state index in [1.54, 1.807) is 6.07 Å². The maximum atomic E-state index is 13.8. The fourth-order valence-corrected chi connectivity index (χ4v) is 4.67. The van der Waals surface area contributed by atoms with E-state index >= 15 is 0 Å². The van der Waals surface area contributed by atoms with Crippen molar-refractivity contribution >= 4 is 17.2 Å². The van der Waals surface area contributed by atoms with Crippen LogP contribution in [0.3, 0.4) is 0 Å². The first-order chi connectivity index (χ1) is 11.6. The van der Waals surface area contributed by atoms with Crippen molar-refractivity contribution in [1.29, 1.82) is 0 Å². The second-order valence-electron chi connectivity index (χ2n) is 6.50. The zero-order chi connectivity index (χ0) is 16.7. The Bertz CT molecular complexity index is 755. The molecular formula is C17H19FN4OS. The lowest BCUT2D eigenvalue weighted by Gasteiger charge is -2.49. The number of aromatic nitrogens is 2. The minimum Gasteiger partial charge on any atom is -0.347 e. The fraction of sp³-hybridized carbons (Fsp3) is 0.471. The van der Waals surface area contributed by atoms with E-state index in [1.165, 1.54) is 23.7 Å². The predicted octanol–water partition coefficient (Wildman–Crippen LogP) is 2.56. The van der Waals surface area contributed by atoms with E-state index in [4.69, 9.17) is 0 Å². The number of nitrogens with one attached hydrogen (secondary N) is 1. The van der Waals surface area contributed by atoms with Gasteiger partial charge in [-0.25, -0.2) is 9.37 Å². The average Bonchev–Trinajstić information content (AvgIpc) is 3.09. The molecule has 24 heavy (non-hydrogen) atoms. The number of carbonyl (C=O) groups excluding carboxylic acids is 1. The summed E-state index contributed by atoms with van der Waals surface area (Å²) in [4.78, 5) is 23.5. The van der Waals surface area contributed by atoms with Crippen molar-refractivity contribution in [2.45, 2.75) is 31.8 Å². The Morgan fingerprint density at radius 2 is 2.17 bits per heavy atom. The largest absolute Gasteiger partial charge is 0.347 e. The number of amides is 1. The van der Waals surface area contributed by atoms with Crippen molar-refractivity contribution < 1.29 is 9.18 Å². The molecule has 2 aromatic rings. The Kier molecular flexibility index (Phi) is 4.05. The molecule has 0 aliphatic carbocycles. The van der Waals surface area contributed by atoms with Gasteiger partial charge in [-0.2, -0.15) is 0 Å². The molecule has 1 amide bonds. The number of halogens is 1. The average molecular weight is 346 g/mol. The van der Waals surface area contributed by atoms with Crippen LogP contribution in [0, 0.1) is 11.7 Å². The maximum Gasteiger partial charge on any atom is 0.263 e. The number of pyridine rings is 1. The molecule has 0 saturated carbocycles. The number of carbonyl (C=O) groups is 1. The summed E-state index contributed by atoms with van der Waals surface area (Å²) in [6.07, 6.45) is 6.50. The van der Waals surface area contributed by atoms with Crippen LogP contribution in [0.15, 0.2) is 24.7 Å². The number of hydrogen-bond acceptors (Lipinski definition) is 5. The van der Waals surface area contributed by atoms with Crippen LogP contribution in [0.4, 0.5) is 4.39 Å². The number of thiazole rings is 1. The lowest BCUT2D eigenvalue weighted by molar-refractivity contribution is 0.0218. The molecule has 0 radical (unpaired) electrons. The van der Waals surface area contributed by atoms with Crippen LogP contribution >= 0.6 is 11.3 Å². The second-order valence-corrected chi connectivity index (χ2v) is 7.53. The van der Waals surface area contributed by atoms with Gasteiger partial charge in [-0.3, -0.25) is 14.7 Å². The monoisotopic (exact) mass is 346 g/mol. The smallest absolute Gasteiger partial charge is 0.263 e. The summed E-state index contributed by atoms with van der Waals surface area (Å²) in [6.45, 7) is 4.44. The quantitative estimate of drug-likeness (QED) is 0.928. The number of nitrogens with zero attached hydrogens (tertiary/aromatic N) is 3. The Morgan fingerprint density at radius 3 is 2.88 bits per heavy atom. The van der Waals surface area contributed by atoms with Gasteiger partial charge in [0.2, 0.25) is 0 Å². The topological polar surface area (TPSA) is 58.1 Å². The van der Waals surface area contributed by atoms with Crippen LogP contribution in [0.1, 0.15) is 29.4 Å². The number of rotatable bonds is 3. The van der Waals surface area contributed by atoms with Crippen molar-refractivity contribution in [3.05, 3.63) is 35.4 Å². The van der Waals surface area contributed by atoms with E-state index in [0.29, 0.717) is 27.4 Å². The summed E-state index contributed by atoms with van der Waals surface area (Å²) in [5.74, 6) is 0.0163. The van der Waals surface area contributed by atoms with Crippen molar-refractivity contribution in [1.82, 2.24) is 20.2 Å². The molecule has 0 unspecified atom stereocenters. The molecule has 3 fully saturated rings. The lowest BCUT2D eigenvalue weighted by atomic mass is 9.79. The first-order valence-corrected chi connectivity index (χ1v) is 9.06. The maximum absolute atomic E-state index is 13.8. The third-order valence-corrected chi connectivity index (χ3v) is 6.24. The Balaban J connectivity index is 1.51. The van der Waals surface area contributed by atoms with E-state index in [1.807, 2.05) is 0 Å². The number of fused-ring (bicyclic) bond motifs is 3. The molecule has 126 valence electrons. The number of piperidine rings is 3. The van der Waals surface area contributed by atoms with Gasteiger partial charge in [0.1, 0.15) is 9.88 Å². The van der Waals surface area contributed by atoms with E-state index in [0.717, 1.165) is 32.1 Å². The predicted molar refractivity (Wildman–Crippen MR) is 90.3 cm³/mol. The van der Waals surface area contributed by atoms with Crippen LogP contribution in [0.5, 0.6) is 0 Å². The van der Waals surface area contributed by atoms with Gasteiger partial charge in [0.25, 0.3) is 5.91 Å². The van der Waals surface area contributed by atoms with E-state index in [2.05, 4.69) is 27.1 Å². The molecule has 3 saturated heterocycles. The van der Waals surface area contributed by atoms with Crippen molar-refractivity contribution in [2.24, 2.45) is 5.92 Å². The molecule has 2 bridgehead atoms. The molecule has 5 nitrogen and oxygen atoms in total. The van der Waals surface area contributed by atoms with Crippen molar-refractivity contribution in [2.75, 3.05) is 13.1 Å². The first kappa shape index (κ1) is 15.7. The zero-order valence-electron chi connectivity index (χ0n) is 13.4. The molecule has 1 N–H and O–H groups in total. The lowest BCUT2D eigenvalue weighted by Crippen LogP contribution is -2.62. The SMILES string of the molecule is C[C@@H]1[C@H](NC(=O)c2cnc(-c3ccncc3F)s2)C2CCN1CC2. The molecular weight excluding hydrogens is 327 g/mol. The second kappa shape index (κ2) is 6.22. The highest BCUT2D eigenvalue weighted by Crippen LogP contribution is 2.33. The zero-order valence-corrected chi connectivity index (χ0v) is 14.2. The van der Waals surface area contributed by atoms with Gasteiger partial charge in [-0.15, -0.1) is 11.3 Å². The standard InChI is InChI=1S/C17H19FN4OS/c1-10-15(11-3-6-22(10)7-4-11)21-16(23)14-9-20-17(24-14)12-2-5-19-8-13(12)18/h2,5,8-11,15H,3-4,6-7H2,1H3,(H,21,23)/t10-,15+/m1/s1. The fourth-order valence-electron chi connectivity index (χ4n) is 3.82. The summed E-state index contributed by atoms with van der Waals surface area (Å²) in [5.41, 5.74) is 0.380. The van der Waals surface area contributed by atoms with Crippen LogP contribution in [-0.2, 0) is 0 Å². The molecule has 0 aromatic carbocycles. The van der Waals surface area contributed by atoms with Gasteiger partial charge in [0.15, 0.2) is 5.82 Å². The normalized spacial score (nSPS) is 28.8. The summed E-state index contributed by atoms with van der Waals surface area (Å²) in [6, 6.07) is 2.13. The van der Waals surface area contributed by atoms with E-state index < -0.39 is 5.82 Å². The highest BCUT2D eigenvalue weighted by molar-refractivity contribution is 7.16. The van der Waals surface area contributed by atoms with Gasteiger partial charge in [0, 0.05) is 23.8 Å². The summed E-state index contributed by atoms with van der Waals surface area (Å²) in [7, 11) is 0. The summed E-state index contributed by atoms with van der Waals surface area (Å²) in [5, 5.41) is 3.68. The van der Waals surface area contributed by atoms with Gasteiger partial charge in [-0.05, 0) is 44.8 Å². The van der Waals surface area contributed by atoms with E-state index in [9.17, 15) is 9.18 Å². The molecule has 0 spiro atoms. The van der Waals surface area contributed by atoms with Crippen LogP contribution in [-0.4, -0.2) is 45.9 Å². The Morgan fingerprint density at radius 1 is 1.38 bits per heavy atom. The Labute approximate surface area is 143 Å². The molecule has 3 aliphatic heterocycles. The van der Waals surface area contributed by atoms with Gasteiger partial charge < -0.3 is 5.32 Å². The van der Waals surface area contributed by atoms with Crippen LogP contribution in [0.2, 0.25) is 0 Å². The van der Waals surface area contributed by atoms with E-state index in [-0.39, 0.29) is 11.9 Å². The van der Waals surface area contributed by atoms with Gasteiger partial charge in [0.05, 0.1) is 12.4 Å². The molecule has 5 heterocycles. The third-order valence-electron chi connectivity index (χ3n) is 5.21. The molecule has 7 heteroatoms. The third kappa shape index (κ3) is 2.71. The molecule has 2 aromatic heterocycles. The first-order valence-electron chi connectivity index (χ1n) is 8.24. The van der Waals surface area contributed by atoms with Gasteiger partial charge in [-0.1, -0.05) is 0 Å². The summed E-state index contributed by atoms with van der Waals surface area (Å²) < 4.78 is 13.8. The highest BCUT2D eigenvalue weighted by Gasteiger charge is 2.40. The van der Waals surface area contributed by atoms with Crippen LogP contribution in [0.25, 0.3) is 10.6 Å². The molecule has 5 rings (SSSR count). The highest BCUT2D eigenvalue weighted by atomic mass is 32.1. The van der Waals surface area contributed by atoms with Crippen molar-refractivity contribution in [3.8, 4) is 10.6 Å².